The summed E-state index contributed by atoms with van der Waals surface area (Å²) in [7, 11) is 0. The predicted molar refractivity (Wildman–Crippen MR) is 111 cm³/mol. The van der Waals surface area contributed by atoms with Crippen LogP contribution >= 0.6 is 11.3 Å². The fraction of sp³-hybridized carbons (Fsp3) is 0.364. The standard InChI is InChI=1S/C22H25N3O2S/c1-16-9-11-25(12-10-16)19(21-8-5-13-28-21)15-23-22(26)18-14-20(27-24-18)17-6-3-2-4-7-17/h2-8,13-14,16,19H,9-12,15H2,1H3,(H,23,26)/t19-/m0/s1. The lowest BCUT2D eigenvalue weighted by Crippen LogP contribution is -2.41. The van der Waals surface area contributed by atoms with Gasteiger partial charge in [-0.25, -0.2) is 0 Å². The number of hydrogen-bond acceptors (Lipinski definition) is 5. The summed E-state index contributed by atoms with van der Waals surface area (Å²) in [5.74, 6) is 1.19. The molecule has 1 aromatic carbocycles. The lowest BCUT2D eigenvalue weighted by Gasteiger charge is -2.36. The minimum absolute atomic E-state index is 0.196. The zero-order chi connectivity index (χ0) is 19.3. The van der Waals surface area contributed by atoms with E-state index < -0.39 is 0 Å². The molecule has 6 heteroatoms. The van der Waals surface area contributed by atoms with Crippen LogP contribution in [0.2, 0.25) is 0 Å². The molecule has 1 aliphatic heterocycles. The minimum Gasteiger partial charge on any atom is -0.355 e. The molecule has 1 aliphatic rings. The van der Waals surface area contributed by atoms with Gasteiger partial charge in [-0.1, -0.05) is 48.5 Å². The van der Waals surface area contributed by atoms with Crippen LogP contribution in [0.25, 0.3) is 11.3 Å². The number of thiophene rings is 1. The number of amides is 1. The number of nitrogens with one attached hydrogen (secondary N) is 1. The Balaban J connectivity index is 1.42. The van der Waals surface area contributed by atoms with Crippen LogP contribution in [0.4, 0.5) is 0 Å². The Bertz CT molecular complexity index is 884. The molecular weight excluding hydrogens is 370 g/mol. The lowest BCUT2D eigenvalue weighted by molar-refractivity contribution is 0.0906. The smallest absolute Gasteiger partial charge is 0.273 e. The van der Waals surface area contributed by atoms with Crippen molar-refractivity contribution in [1.82, 2.24) is 15.4 Å². The summed E-state index contributed by atoms with van der Waals surface area (Å²) in [6, 6.07) is 15.8. The summed E-state index contributed by atoms with van der Waals surface area (Å²) in [5, 5.41) is 9.12. The zero-order valence-corrected chi connectivity index (χ0v) is 16.8. The van der Waals surface area contributed by atoms with Gasteiger partial charge in [0, 0.05) is 23.1 Å². The van der Waals surface area contributed by atoms with Crippen molar-refractivity contribution >= 4 is 17.2 Å². The third kappa shape index (κ3) is 4.34. The van der Waals surface area contributed by atoms with Crippen molar-refractivity contribution < 1.29 is 9.32 Å². The van der Waals surface area contributed by atoms with Gasteiger partial charge in [-0.15, -0.1) is 11.3 Å². The SMILES string of the molecule is CC1CCN([C@@H](CNC(=O)c2cc(-c3ccccc3)on2)c2cccs2)CC1. The van der Waals surface area contributed by atoms with Gasteiger partial charge in [0.05, 0.1) is 6.04 Å². The Hall–Kier alpha value is -2.44. The van der Waals surface area contributed by atoms with Crippen molar-refractivity contribution in [2.75, 3.05) is 19.6 Å². The molecule has 1 N–H and O–H groups in total. The van der Waals surface area contributed by atoms with Gasteiger partial charge >= 0.3 is 0 Å². The van der Waals surface area contributed by atoms with E-state index in [-0.39, 0.29) is 11.9 Å². The highest BCUT2D eigenvalue weighted by Crippen LogP contribution is 2.29. The van der Waals surface area contributed by atoms with Gasteiger partial charge in [-0.3, -0.25) is 9.69 Å². The highest BCUT2D eigenvalue weighted by atomic mass is 32.1. The minimum atomic E-state index is -0.196. The normalized spacial score (nSPS) is 16.8. The van der Waals surface area contributed by atoms with Gasteiger partial charge < -0.3 is 9.84 Å². The van der Waals surface area contributed by atoms with Gasteiger partial charge in [0.25, 0.3) is 5.91 Å². The van der Waals surface area contributed by atoms with E-state index in [0.29, 0.717) is 18.0 Å². The molecule has 146 valence electrons. The largest absolute Gasteiger partial charge is 0.355 e. The second-order valence-corrected chi connectivity index (χ2v) is 8.38. The highest BCUT2D eigenvalue weighted by Gasteiger charge is 2.26. The molecule has 2 aromatic heterocycles. The first-order chi connectivity index (χ1) is 13.7. The molecule has 28 heavy (non-hydrogen) atoms. The zero-order valence-electron chi connectivity index (χ0n) is 16.0. The fourth-order valence-electron chi connectivity index (χ4n) is 3.63. The Morgan fingerprint density at radius 2 is 2.04 bits per heavy atom. The van der Waals surface area contributed by atoms with Crippen molar-refractivity contribution in [3.63, 3.8) is 0 Å². The number of hydrogen-bond donors (Lipinski definition) is 1. The first-order valence-electron chi connectivity index (χ1n) is 9.78. The molecule has 0 unspecified atom stereocenters. The number of rotatable bonds is 6. The summed E-state index contributed by atoms with van der Waals surface area (Å²) >= 11 is 1.75. The number of piperidine rings is 1. The summed E-state index contributed by atoms with van der Waals surface area (Å²) in [6.07, 6.45) is 2.42. The van der Waals surface area contributed by atoms with E-state index in [4.69, 9.17) is 4.52 Å². The number of aromatic nitrogens is 1. The molecule has 1 saturated heterocycles. The number of carbonyl (C=O) groups excluding carboxylic acids is 1. The second-order valence-electron chi connectivity index (χ2n) is 7.40. The quantitative estimate of drug-likeness (QED) is 0.662. The van der Waals surface area contributed by atoms with Crippen molar-refractivity contribution in [2.45, 2.75) is 25.8 Å². The van der Waals surface area contributed by atoms with Crippen LogP contribution in [0.1, 0.15) is 41.2 Å². The summed E-state index contributed by atoms with van der Waals surface area (Å²) < 4.78 is 5.36. The maximum Gasteiger partial charge on any atom is 0.273 e. The molecule has 5 nitrogen and oxygen atoms in total. The van der Waals surface area contributed by atoms with Gasteiger partial charge in [-0.2, -0.15) is 0 Å². The van der Waals surface area contributed by atoms with Crippen LogP contribution < -0.4 is 5.32 Å². The molecule has 4 rings (SSSR count). The van der Waals surface area contributed by atoms with Gasteiger partial charge in [0.1, 0.15) is 0 Å². The van der Waals surface area contributed by atoms with E-state index >= 15 is 0 Å². The number of benzene rings is 1. The molecule has 1 fully saturated rings. The van der Waals surface area contributed by atoms with Crippen LogP contribution in [0.5, 0.6) is 0 Å². The molecule has 0 bridgehead atoms. The van der Waals surface area contributed by atoms with E-state index in [1.165, 1.54) is 17.7 Å². The first-order valence-corrected chi connectivity index (χ1v) is 10.7. The van der Waals surface area contributed by atoms with E-state index in [1.807, 2.05) is 30.3 Å². The molecule has 0 saturated carbocycles. The Morgan fingerprint density at radius 1 is 1.25 bits per heavy atom. The van der Waals surface area contributed by atoms with E-state index in [1.54, 1.807) is 17.4 Å². The van der Waals surface area contributed by atoms with Crippen LogP contribution in [0, 0.1) is 5.92 Å². The van der Waals surface area contributed by atoms with E-state index in [9.17, 15) is 4.79 Å². The number of nitrogens with zero attached hydrogens (tertiary/aromatic N) is 2. The Labute approximate surface area is 169 Å². The molecule has 0 aliphatic carbocycles. The molecule has 3 aromatic rings. The van der Waals surface area contributed by atoms with Crippen LogP contribution in [0.15, 0.2) is 58.4 Å². The molecular formula is C22H25N3O2S. The summed E-state index contributed by atoms with van der Waals surface area (Å²) in [5.41, 5.74) is 1.23. The van der Waals surface area contributed by atoms with Crippen molar-refractivity contribution in [3.8, 4) is 11.3 Å². The topological polar surface area (TPSA) is 58.4 Å². The van der Waals surface area contributed by atoms with Gasteiger partial charge in [-0.05, 0) is 43.3 Å². The lowest BCUT2D eigenvalue weighted by atomic mass is 9.97. The molecule has 3 heterocycles. The van der Waals surface area contributed by atoms with E-state index in [0.717, 1.165) is 24.6 Å². The molecule has 1 atom stereocenters. The highest BCUT2D eigenvalue weighted by molar-refractivity contribution is 7.10. The Kier molecular flexibility index (Phi) is 5.88. The van der Waals surface area contributed by atoms with Gasteiger partial charge in [0.15, 0.2) is 11.5 Å². The first kappa shape index (κ1) is 18.9. The average Bonchev–Trinajstić information content (AvgIpc) is 3.42. The summed E-state index contributed by atoms with van der Waals surface area (Å²) in [6.45, 7) is 5.03. The van der Waals surface area contributed by atoms with E-state index in [2.05, 4.69) is 39.8 Å². The molecule has 0 radical (unpaired) electrons. The summed E-state index contributed by atoms with van der Waals surface area (Å²) in [4.78, 5) is 16.4. The molecule has 0 spiro atoms. The second kappa shape index (κ2) is 8.71. The predicted octanol–water partition coefficient (Wildman–Crippen LogP) is 4.61. The monoisotopic (exact) mass is 395 g/mol. The van der Waals surface area contributed by atoms with Gasteiger partial charge in [0.2, 0.25) is 0 Å². The Morgan fingerprint density at radius 3 is 2.75 bits per heavy atom. The van der Waals surface area contributed by atoms with Crippen molar-refractivity contribution in [3.05, 3.63) is 64.5 Å². The number of carbonyl (C=O) groups is 1. The third-order valence-corrected chi connectivity index (χ3v) is 6.36. The maximum atomic E-state index is 12.6. The number of likely N-dealkylation sites (tertiary alicyclic amines) is 1. The van der Waals surface area contributed by atoms with Crippen LogP contribution in [-0.2, 0) is 0 Å². The van der Waals surface area contributed by atoms with Crippen LogP contribution in [-0.4, -0.2) is 35.6 Å². The van der Waals surface area contributed by atoms with Crippen molar-refractivity contribution in [1.29, 1.82) is 0 Å². The maximum absolute atomic E-state index is 12.6. The average molecular weight is 396 g/mol. The third-order valence-electron chi connectivity index (χ3n) is 5.39. The fourth-order valence-corrected chi connectivity index (χ4v) is 4.49. The van der Waals surface area contributed by atoms with Crippen LogP contribution in [0.3, 0.4) is 0 Å². The van der Waals surface area contributed by atoms with Crippen molar-refractivity contribution in [2.24, 2.45) is 5.92 Å². The molecule has 1 amide bonds.